The molecule has 0 bridgehead atoms. The van der Waals surface area contributed by atoms with Gasteiger partial charge in [0.05, 0.1) is 22.8 Å². The molecule has 0 saturated heterocycles. The summed E-state index contributed by atoms with van der Waals surface area (Å²) in [5.74, 6) is 0.0665. The van der Waals surface area contributed by atoms with E-state index in [2.05, 4.69) is 14.9 Å². The molecule has 0 fully saturated rings. The van der Waals surface area contributed by atoms with Gasteiger partial charge in [-0.05, 0) is 20.8 Å². The topological polar surface area (TPSA) is 74.8 Å². The Hall–Kier alpha value is -1.04. The molecule has 13 heavy (non-hydrogen) atoms. The van der Waals surface area contributed by atoms with E-state index < -0.39 is 10.0 Å². The monoisotopic (exact) mass is 203 g/mol. The zero-order valence-corrected chi connectivity index (χ0v) is 8.70. The van der Waals surface area contributed by atoms with Gasteiger partial charge in [0.15, 0.2) is 0 Å². The van der Waals surface area contributed by atoms with Crippen LogP contribution in [0.4, 0.5) is 5.69 Å². The van der Waals surface area contributed by atoms with Gasteiger partial charge in [-0.15, -0.1) is 0 Å². The van der Waals surface area contributed by atoms with Gasteiger partial charge < -0.3 is 0 Å². The number of anilines is 1. The number of aromatic amines is 1. The van der Waals surface area contributed by atoms with Crippen LogP contribution in [0.15, 0.2) is 0 Å². The molecule has 1 heterocycles. The van der Waals surface area contributed by atoms with Crippen molar-refractivity contribution in [3.05, 3.63) is 11.4 Å². The van der Waals surface area contributed by atoms with Gasteiger partial charge in [0.2, 0.25) is 10.0 Å². The quantitative estimate of drug-likeness (QED) is 0.762. The van der Waals surface area contributed by atoms with Crippen LogP contribution in [-0.2, 0) is 10.0 Å². The summed E-state index contributed by atoms with van der Waals surface area (Å²) in [6.45, 7) is 5.11. The van der Waals surface area contributed by atoms with E-state index in [4.69, 9.17) is 0 Å². The van der Waals surface area contributed by atoms with Gasteiger partial charge in [-0.1, -0.05) is 0 Å². The summed E-state index contributed by atoms with van der Waals surface area (Å²) < 4.78 is 24.9. The summed E-state index contributed by atoms with van der Waals surface area (Å²) in [5, 5.41) is 6.59. The summed E-state index contributed by atoms with van der Waals surface area (Å²) >= 11 is 0. The Kier molecular flexibility index (Phi) is 2.60. The van der Waals surface area contributed by atoms with Crippen LogP contribution in [0.2, 0.25) is 0 Å². The molecule has 0 aliphatic carbocycles. The SMILES string of the molecule is CCS(=O)(=O)Nc1c(C)n[nH]c1C. The van der Waals surface area contributed by atoms with Crippen LogP contribution in [0.1, 0.15) is 18.3 Å². The van der Waals surface area contributed by atoms with Crippen molar-refractivity contribution in [3.63, 3.8) is 0 Å². The van der Waals surface area contributed by atoms with Crippen molar-refractivity contribution in [2.24, 2.45) is 0 Å². The molecule has 0 saturated carbocycles. The van der Waals surface area contributed by atoms with Crippen LogP contribution in [0.25, 0.3) is 0 Å². The lowest BCUT2D eigenvalue weighted by Crippen LogP contribution is -2.15. The van der Waals surface area contributed by atoms with Crippen LogP contribution >= 0.6 is 0 Å². The Labute approximate surface area is 77.6 Å². The number of sulfonamides is 1. The highest BCUT2D eigenvalue weighted by Gasteiger charge is 2.12. The van der Waals surface area contributed by atoms with E-state index in [-0.39, 0.29) is 5.75 Å². The van der Waals surface area contributed by atoms with E-state index in [9.17, 15) is 8.42 Å². The highest BCUT2D eigenvalue weighted by Crippen LogP contribution is 2.17. The third-order valence-corrected chi connectivity index (χ3v) is 3.04. The molecule has 1 aromatic heterocycles. The molecule has 0 aliphatic rings. The Morgan fingerprint density at radius 1 is 1.46 bits per heavy atom. The molecule has 0 radical (unpaired) electrons. The second-order valence-electron chi connectivity index (χ2n) is 2.81. The smallest absolute Gasteiger partial charge is 0.232 e. The molecular formula is C7H13N3O2S. The summed E-state index contributed by atoms with van der Waals surface area (Å²) in [7, 11) is -3.20. The highest BCUT2D eigenvalue weighted by molar-refractivity contribution is 7.92. The minimum absolute atomic E-state index is 0.0665. The van der Waals surface area contributed by atoms with Crippen molar-refractivity contribution in [2.45, 2.75) is 20.8 Å². The van der Waals surface area contributed by atoms with Gasteiger partial charge in [-0.3, -0.25) is 9.82 Å². The predicted molar refractivity (Wildman–Crippen MR) is 51.1 cm³/mol. The maximum atomic E-state index is 11.2. The lowest BCUT2D eigenvalue weighted by molar-refractivity contribution is 0.602. The van der Waals surface area contributed by atoms with E-state index in [0.717, 1.165) is 5.69 Å². The van der Waals surface area contributed by atoms with Gasteiger partial charge in [-0.25, -0.2) is 8.42 Å². The van der Waals surface area contributed by atoms with Gasteiger partial charge >= 0.3 is 0 Å². The zero-order chi connectivity index (χ0) is 10.1. The summed E-state index contributed by atoms with van der Waals surface area (Å²) in [6.07, 6.45) is 0. The Morgan fingerprint density at radius 3 is 2.46 bits per heavy atom. The van der Waals surface area contributed by atoms with E-state index >= 15 is 0 Å². The summed E-state index contributed by atoms with van der Waals surface area (Å²) in [5.41, 5.74) is 1.95. The van der Waals surface area contributed by atoms with Crippen molar-refractivity contribution in [1.29, 1.82) is 0 Å². The number of nitrogens with one attached hydrogen (secondary N) is 2. The predicted octanol–water partition coefficient (Wildman–Crippen LogP) is 0.788. The first kappa shape index (κ1) is 10.0. The standard InChI is InChI=1S/C7H13N3O2S/c1-4-13(11,12)10-7-5(2)8-9-6(7)3/h10H,4H2,1-3H3,(H,8,9). The molecule has 5 nitrogen and oxygen atoms in total. The molecule has 0 atom stereocenters. The first-order valence-electron chi connectivity index (χ1n) is 3.98. The average molecular weight is 203 g/mol. The molecule has 1 aromatic rings. The van der Waals surface area contributed by atoms with Crippen molar-refractivity contribution in [1.82, 2.24) is 10.2 Å². The highest BCUT2D eigenvalue weighted by atomic mass is 32.2. The molecular weight excluding hydrogens is 190 g/mol. The number of H-pyrrole nitrogens is 1. The number of hydrogen-bond donors (Lipinski definition) is 2. The fourth-order valence-corrected chi connectivity index (χ4v) is 1.69. The Morgan fingerprint density at radius 2 is 2.08 bits per heavy atom. The molecule has 0 amide bonds. The first-order chi connectivity index (χ1) is 5.96. The number of nitrogens with zero attached hydrogens (tertiary/aromatic N) is 1. The van der Waals surface area contributed by atoms with Crippen LogP contribution < -0.4 is 4.72 Å². The average Bonchev–Trinajstić information content (AvgIpc) is 2.36. The molecule has 6 heteroatoms. The number of rotatable bonds is 3. The van der Waals surface area contributed by atoms with E-state index in [1.807, 2.05) is 0 Å². The van der Waals surface area contributed by atoms with E-state index in [1.54, 1.807) is 20.8 Å². The van der Waals surface area contributed by atoms with E-state index in [1.165, 1.54) is 0 Å². The maximum Gasteiger partial charge on any atom is 0.232 e. The third-order valence-electron chi connectivity index (χ3n) is 1.77. The van der Waals surface area contributed by atoms with Crippen molar-refractivity contribution in [3.8, 4) is 0 Å². The minimum Gasteiger partial charge on any atom is -0.280 e. The molecule has 74 valence electrons. The fraction of sp³-hybridized carbons (Fsp3) is 0.571. The third kappa shape index (κ3) is 2.21. The minimum atomic E-state index is -3.20. The largest absolute Gasteiger partial charge is 0.280 e. The Balaban J connectivity index is 2.99. The number of aryl methyl sites for hydroxylation is 2. The second-order valence-corrected chi connectivity index (χ2v) is 4.83. The first-order valence-corrected chi connectivity index (χ1v) is 5.63. The molecule has 1 rings (SSSR count). The van der Waals surface area contributed by atoms with Crippen molar-refractivity contribution < 1.29 is 8.42 Å². The van der Waals surface area contributed by atoms with Gasteiger partial charge in [-0.2, -0.15) is 5.10 Å². The van der Waals surface area contributed by atoms with Crippen molar-refractivity contribution in [2.75, 3.05) is 10.5 Å². The lowest BCUT2D eigenvalue weighted by atomic mass is 10.3. The van der Waals surface area contributed by atoms with E-state index in [0.29, 0.717) is 11.4 Å². The lowest BCUT2D eigenvalue weighted by Gasteiger charge is -2.04. The fourth-order valence-electron chi connectivity index (χ4n) is 0.929. The second kappa shape index (κ2) is 3.37. The van der Waals surface area contributed by atoms with Gasteiger partial charge in [0.25, 0.3) is 0 Å². The van der Waals surface area contributed by atoms with Gasteiger partial charge in [0, 0.05) is 0 Å². The zero-order valence-electron chi connectivity index (χ0n) is 7.88. The number of aromatic nitrogens is 2. The van der Waals surface area contributed by atoms with Crippen molar-refractivity contribution >= 4 is 15.7 Å². The molecule has 0 aliphatic heterocycles. The maximum absolute atomic E-state index is 11.2. The van der Waals surface area contributed by atoms with Crippen LogP contribution in [0.3, 0.4) is 0 Å². The summed E-state index contributed by atoms with van der Waals surface area (Å²) in [6, 6.07) is 0. The van der Waals surface area contributed by atoms with Crippen LogP contribution in [-0.4, -0.2) is 24.4 Å². The van der Waals surface area contributed by atoms with Crippen LogP contribution in [0, 0.1) is 13.8 Å². The normalized spacial score (nSPS) is 11.6. The molecule has 0 unspecified atom stereocenters. The molecule has 0 aromatic carbocycles. The Bertz CT molecular complexity index is 374. The molecule has 2 N–H and O–H groups in total. The van der Waals surface area contributed by atoms with Gasteiger partial charge in [0.1, 0.15) is 0 Å². The molecule has 0 spiro atoms. The number of hydrogen-bond acceptors (Lipinski definition) is 3. The summed E-state index contributed by atoms with van der Waals surface area (Å²) in [4.78, 5) is 0. The van der Waals surface area contributed by atoms with Crippen LogP contribution in [0.5, 0.6) is 0 Å².